The summed E-state index contributed by atoms with van der Waals surface area (Å²) in [6.07, 6.45) is 0. The molecule has 18 heavy (non-hydrogen) atoms. The Morgan fingerprint density at radius 1 is 1.28 bits per heavy atom. The zero-order valence-corrected chi connectivity index (χ0v) is 11.1. The maximum Gasteiger partial charge on any atom is 0.130 e. The summed E-state index contributed by atoms with van der Waals surface area (Å²) < 4.78 is 7.73. The fourth-order valence-corrected chi connectivity index (χ4v) is 1.86. The second kappa shape index (κ2) is 5.58. The highest BCUT2D eigenvalue weighted by Gasteiger charge is 2.04. The summed E-state index contributed by atoms with van der Waals surface area (Å²) in [7, 11) is 1.90. The smallest absolute Gasteiger partial charge is 0.130 e. The van der Waals surface area contributed by atoms with Crippen molar-refractivity contribution < 1.29 is 4.74 Å². The molecule has 0 unspecified atom stereocenters. The van der Waals surface area contributed by atoms with E-state index in [1.807, 2.05) is 42.9 Å². The maximum absolute atomic E-state index is 5.76. The third-order valence-electron chi connectivity index (χ3n) is 2.81. The van der Waals surface area contributed by atoms with Gasteiger partial charge in [0.2, 0.25) is 0 Å². The van der Waals surface area contributed by atoms with Crippen molar-refractivity contribution in [1.82, 2.24) is 9.78 Å². The van der Waals surface area contributed by atoms with Crippen LogP contribution in [0, 0.1) is 6.92 Å². The van der Waals surface area contributed by atoms with Crippen molar-refractivity contribution in [2.75, 3.05) is 12.4 Å². The number of nitrogens with one attached hydrogen (secondary N) is 1. The Bertz CT molecular complexity index is 502. The van der Waals surface area contributed by atoms with E-state index >= 15 is 0 Å². The van der Waals surface area contributed by atoms with Crippen LogP contribution in [-0.2, 0) is 13.2 Å². The Hall–Kier alpha value is -1.97. The zero-order valence-electron chi connectivity index (χ0n) is 11.1. The van der Waals surface area contributed by atoms with E-state index in [1.54, 1.807) is 0 Å². The lowest BCUT2D eigenvalue weighted by Crippen LogP contribution is -2.06. The number of benzene rings is 1. The molecule has 0 aliphatic rings. The Balaban J connectivity index is 2.01. The average Bonchev–Trinajstić information content (AvgIpc) is 2.77. The molecule has 4 nitrogen and oxygen atoms in total. The predicted octanol–water partition coefficient (Wildman–Crippen LogP) is 2.83. The van der Waals surface area contributed by atoms with Gasteiger partial charge < -0.3 is 10.1 Å². The zero-order chi connectivity index (χ0) is 13.0. The molecule has 1 aromatic heterocycles. The molecule has 0 saturated heterocycles. The van der Waals surface area contributed by atoms with Gasteiger partial charge in [0.1, 0.15) is 12.4 Å². The van der Waals surface area contributed by atoms with Crippen molar-refractivity contribution in [2.45, 2.75) is 27.0 Å². The van der Waals surface area contributed by atoms with Crippen LogP contribution in [-0.4, -0.2) is 16.8 Å². The number of nitrogens with zero attached hydrogens (tertiary/aromatic N) is 2. The van der Waals surface area contributed by atoms with Crippen LogP contribution in [0.1, 0.15) is 18.3 Å². The van der Waals surface area contributed by atoms with Crippen molar-refractivity contribution in [3.63, 3.8) is 0 Å². The first-order valence-electron chi connectivity index (χ1n) is 6.17. The standard InChI is InChI=1S/C14H19N3O/c1-4-17-13(9-11(2)16-17)10-18-14-7-5-12(15-3)6-8-14/h5-9,15H,4,10H2,1-3H3. The molecule has 0 aliphatic carbocycles. The highest BCUT2D eigenvalue weighted by atomic mass is 16.5. The second-order valence-electron chi connectivity index (χ2n) is 4.16. The monoisotopic (exact) mass is 245 g/mol. The van der Waals surface area contributed by atoms with Crippen molar-refractivity contribution >= 4 is 5.69 Å². The van der Waals surface area contributed by atoms with Crippen LogP contribution in [0.2, 0.25) is 0 Å². The molecule has 0 saturated carbocycles. The number of hydrogen-bond donors (Lipinski definition) is 1. The molecule has 96 valence electrons. The molecule has 2 aromatic rings. The molecule has 0 fully saturated rings. The van der Waals surface area contributed by atoms with E-state index in [0.29, 0.717) is 6.61 Å². The Kier molecular flexibility index (Phi) is 3.87. The minimum absolute atomic E-state index is 0.549. The van der Waals surface area contributed by atoms with Gasteiger partial charge in [-0.25, -0.2) is 0 Å². The summed E-state index contributed by atoms with van der Waals surface area (Å²) in [5.74, 6) is 0.871. The van der Waals surface area contributed by atoms with Gasteiger partial charge in [0.25, 0.3) is 0 Å². The quantitative estimate of drug-likeness (QED) is 0.880. The van der Waals surface area contributed by atoms with Crippen LogP contribution in [0.5, 0.6) is 5.75 Å². The molecule has 1 N–H and O–H groups in total. The van der Waals surface area contributed by atoms with Gasteiger partial charge >= 0.3 is 0 Å². The molecular weight excluding hydrogens is 226 g/mol. The molecule has 1 aromatic carbocycles. The normalized spacial score (nSPS) is 10.4. The fourth-order valence-electron chi connectivity index (χ4n) is 1.86. The van der Waals surface area contributed by atoms with E-state index in [1.165, 1.54) is 0 Å². The Morgan fingerprint density at radius 3 is 2.61 bits per heavy atom. The van der Waals surface area contributed by atoms with Gasteiger partial charge in [0.05, 0.1) is 11.4 Å². The average molecular weight is 245 g/mol. The topological polar surface area (TPSA) is 39.1 Å². The van der Waals surface area contributed by atoms with Gasteiger partial charge in [0, 0.05) is 19.3 Å². The Morgan fingerprint density at radius 2 is 2.00 bits per heavy atom. The molecule has 0 spiro atoms. The number of aryl methyl sites for hydroxylation is 2. The molecule has 1 heterocycles. The Labute approximate surface area is 108 Å². The van der Waals surface area contributed by atoms with E-state index < -0.39 is 0 Å². The molecule has 0 radical (unpaired) electrons. The summed E-state index contributed by atoms with van der Waals surface area (Å²) in [6, 6.07) is 9.98. The summed E-state index contributed by atoms with van der Waals surface area (Å²) in [5.41, 5.74) is 3.21. The SMILES string of the molecule is CCn1nc(C)cc1COc1ccc(NC)cc1. The third-order valence-corrected chi connectivity index (χ3v) is 2.81. The molecular formula is C14H19N3O. The first-order chi connectivity index (χ1) is 8.72. The minimum atomic E-state index is 0.549. The van der Waals surface area contributed by atoms with Gasteiger partial charge in [0.15, 0.2) is 0 Å². The van der Waals surface area contributed by atoms with Crippen molar-refractivity contribution in [3.05, 3.63) is 41.7 Å². The van der Waals surface area contributed by atoms with E-state index in [-0.39, 0.29) is 0 Å². The molecule has 0 aliphatic heterocycles. The molecule has 2 rings (SSSR count). The second-order valence-corrected chi connectivity index (χ2v) is 4.16. The van der Waals surface area contributed by atoms with Gasteiger partial charge in [-0.05, 0) is 44.2 Å². The summed E-state index contributed by atoms with van der Waals surface area (Å²) >= 11 is 0. The van der Waals surface area contributed by atoms with E-state index in [4.69, 9.17) is 4.74 Å². The highest BCUT2D eigenvalue weighted by molar-refractivity contribution is 5.45. The largest absolute Gasteiger partial charge is 0.487 e. The van der Waals surface area contributed by atoms with Crippen molar-refractivity contribution in [3.8, 4) is 5.75 Å². The first-order valence-corrected chi connectivity index (χ1v) is 6.17. The van der Waals surface area contributed by atoms with Crippen LogP contribution in [0.25, 0.3) is 0 Å². The molecule has 4 heteroatoms. The summed E-state index contributed by atoms with van der Waals surface area (Å²) in [5, 5.41) is 7.48. The van der Waals surface area contributed by atoms with Crippen LogP contribution >= 0.6 is 0 Å². The number of aromatic nitrogens is 2. The molecule has 0 amide bonds. The summed E-state index contributed by atoms with van der Waals surface area (Å²) in [4.78, 5) is 0. The molecule has 0 bridgehead atoms. The maximum atomic E-state index is 5.76. The first kappa shape index (κ1) is 12.5. The van der Waals surface area contributed by atoms with Crippen molar-refractivity contribution in [2.24, 2.45) is 0 Å². The van der Waals surface area contributed by atoms with E-state index in [9.17, 15) is 0 Å². The van der Waals surface area contributed by atoms with Gasteiger partial charge in [-0.1, -0.05) is 0 Å². The number of ether oxygens (including phenoxy) is 1. The van der Waals surface area contributed by atoms with Crippen LogP contribution in [0.3, 0.4) is 0 Å². The highest BCUT2D eigenvalue weighted by Crippen LogP contribution is 2.16. The minimum Gasteiger partial charge on any atom is -0.487 e. The van der Waals surface area contributed by atoms with E-state index in [0.717, 1.165) is 29.4 Å². The lowest BCUT2D eigenvalue weighted by molar-refractivity contribution is 0.292. The van der Waals surface area contributed by atoms with E-state index in [2.05, 4.69) is 23.4 Å². The number of anilines is 1. The fraction of sp³-hybridized carbons (Fsp3) is 0.357. The lowest BCUT2D eigenvalue weighted by Gasteiger charge is -2.08. The van der Waals surface area contributed by atoms with Gasteiger partial charge in [-0.3, -0.25) is 4.68 Å². The lowest BCUT2D eigenvalue weighted by atomic mass is 10.3. The van der Waals surface area contributed by atoms with Crippen molar-refractivity contribution in [1.29, 1.82) is 0 Å². The van der Waals surface area contributed by atoms with Crippen LogP contribution < -0.4 is 10.1 Å². The van der Waals surface area contributed by atoms with Gasteiger partial charge in [-0.15, -0.1) is 0 Å². The number of rotatable bonds is 5. The van der Waals surface area contributed by atoms with Crippen LogP contribution in [0.4, 0.5) is 5.69 Å². The molecule has 0 atom stereocenters. The third kappa shape index (κ3) is 2.83. The van der Waals surface area contributed by atoms with Gasteiger partial charge in [-0.2, -0.15) is 5.10 Å². The summed E-state index contributed by atoms with van der Waals surface area (Å²) in [6.45, 7) is 5.49. The van der Waals surface area contributed by atoms with Crippen LogP contribution in [0.15, 0.2) is 30.3 Å². The number of hydrogen-bond acceptors (Lipinski definition) is 3. The predicted molar refractivity (Wildman–Crippen MR) is 73.0 cm³/mol.